The molecule has 0 amide bonds. The highest BCUT2D eigenvalue weighted by atomic mass is 16.3. The average molecular weight is 321 g/mol. The summed E-state index contributed by atoms with van der Waals surface area (Å²) in [5.74, 6) is 0.0630. The molecule has 1 saturated heterocycles. The van der Waals surface area contributed by atoms with E-state index in [1.807, 2.05) is 18.2 Å². The van der Waals surface area contributed by atoms with E-state index >= 15 is 0 Å². The van der Waals surface area contributed by atoms with Gasteiger partial charge in [0.05, 0.1) is 5.56 Å². The molecule has 3 rings (SSSR count). The van der Waals surface area contributed by atoms with Crippen LogP contribution in [0.15, 0.2) is 36.4 Å². The first kappa shape index (κ1) is 16.3. The van der Waals surface area contributed by atoms with Crippen molar-refractivity contribution in [1.82, 2.24) is 0 Å². The number of rotatable bonds is 4. The topological polar surface area (TPSA) is 40.5 Å². The maximum atomic E-state index is 11.0. The Morgan fingerprint density at radius 1 is 0.958 bits per heavy atom. The molecule has 1 aliphatic heterocycles. The van der Waals surface area contributed by atoms with Gasteiger partial charge < -0.3 is 10.0 Å². The second-order valence-corrected chi connectivity index (χ2v) is 6.37. The number of phenolic OH excluding ortho intramolecular Hbond substituents is 1. The van der Waals surface area contributed by atoms with E-state index in [2.05, 4.69) is 29.2 Å². The highest BCUT2D eigenvalue weighted by Crippen LogP contribution is 2.24. The molecular weight excluding hydrogens is 298 g/mol. The van der Waals surface area contributed by atoms with Crippen LogP contribution in [-0.2, 0) is 0 Å². The number of piperidine rings is 1. The molecular formula is C21H23NO2. The summed E-state index contributed by atoms with van der Waals surface area (Å²) in [6.45, 7) is 4.10. The number of carbonyl (C=O) groups excluding carboxylic acids is 1. The first-order chi connectivity index (χ1) is 11.7. The van der Waals surface area contributed by atoms with E-state index in [1.54, 1.807) is 13.0 Å². The van der Waals surface area contributed by atoms with Crippen LogP contribution in [-0.4, -0.2) is 24.5 Å². The standard InChI is InChI=1S/C21H23NO2/c1-16-13-18(14-19(15-23)21(16)24)6-5-17-7-9-20(10-8-17)22-11-3-2-4-12-22/h5-10,13-15,24H,2-4,11-12H2,1H3/b6-5+. The molecule has 1 N–H and O–H groups in total. The SMILES string of the molecule is Cc1cc(/C=C/c2ccc(N3CCCCC3)cc2)cc(C=O)c1O. The molecule has 24 heavy (non-hydrogen) atoms. The fourth-order valence-electron chi connectivity index (χ4n) is 3.16. The van der Waals surface area contributed by atoms with Gasteiger partial charge in [-0.25, -0.2) is 0 Å². The summed E-state index contributed by atoms with van der Waals surface area (Å²) in [6.07, 6.45) is 8.58. The summed E-state index contributed by atoms with van der Waals surface area (Å²) in [7, 11) is 0. The van der Waals surface area contributed by atoms with E-state index in [0.717, 1.165) is 24.2 Å². The van der Waals surface area contributed by atoms with Crippen LogP contribution >= 0.6 is 0 Å². The molecule has 1 aliphatic rings. The zero-order chi connectivity index (χ0) is 16.9. The lowest BCUT2D eigenvalue weighted by Gasteiger charge is -2.28. The van der Waals surface area contributed by atoms with Crippen LogP contribution < -0.4 is 4.90 Å². The zero-order valence-corrected chi connectivity index (χ0v) is 14.0. The Hall–Kier alpha value is -2.55. The molecule has 1 heterocycles. The number of anilines is 1. The first-order valence-corrected chi connectivity index (χ1v) is 8.49. The van der Waals surface area contributed by atoms with Crippen LogP contribution in [0.3, 0.4) is 0 Å². The molecule has 0 aliphatic carbocycles. The van der Waals surface area contributed by atoms with Gasteiger partial charge in [-0.05, 0) is 67.1 Å². The van der Waals surface area contributed by atoms with Crippen molar-refractivity contribution in [2.75, 3.05) is 18.0 Å². The van der Waals surface area contributed by atoms with Gasteiger partial charge >= 0.3 is 0 Å². The normalized spacial score (nSPS) is 15.0. The third-order valence-electron chi connectivity index (χ3n) is 4.56. The van der Waals surface area contributed by atoms with Crippen molar-refractivity contribution in [2.45, 2.75) is 26.2 Å². The minimum absolute atomic E-state index is 0.0630. The van der Waals surface area contributed by atoms with Gasteiger partial charge in [0.1, 0.15) is 5.75 Å². The number of hydrogen-bond acceptors (Lipinski definition) is 3. The van der Waals surface area contributed by atoms with E-state index < -0.39 is 0 Å². The molecule has 0 atom stereocenters. The fraction of sp³-hybridized carbons (Fsp3) is 0.286. The second-order valence-electron chi connectivity index (χ2n) is 6.37. The van der Waals surface area contributed by atoms with Gasteiger partial charge in [0.15, 0.2) is 6.29 Å². The third-order valence-corrected chi connectivity index (χ3v) is 4.56. The minimum atomic E-state index is 0.0630. The highest BCUT2D eigenvalue weighted by Gasteiger charge is 2.10. The van der Waals surface area contributed by atoms with Gasteiger partial charge in [0.2, 0.25) is 0 Å². The highest BCUT2D eigenvalue weighted by molar-refractivity contribution is 5.83. The molecule has 0 bridgehead atoms. The van der Waals surface area contributed by atoms with Gasteiger partial charge in [-0.15, -0.1) is 0 Å². The predicted molar refractivity (Wildman–Crippen MR) is 99.7 cm³/mol. The molecule has 3 nitrogen and oxygen atoms in total. The summed E-state index contributed by atoms with van der Waals surface area (Å²) in [5.41, 5.74) is 4.35. The van der Waals surface area contributed by atoms with Gasteiger partial charge in [-0.1, -0.05) is 24.3 Å². The monoisotopic (exact) mass is 321 g/mol. The molecule has 0 unspecified atom stereocenters. The number of phenols is 1. The predicted octanol–water partition coefficient (Wildman–Crippen LogP) is 4.67. The third kappa shape index (κ3) is 3.67. The summed E-state index contributed by atoms with van der Waals surface area (Å²) >= 11 is 0. The molecule has 0 radical (unpaired) electrons. The van der Waals surface area contributed by atoms with Gasteiger partial charge in [-0.2, -0.15) is 0 Å². The quantitative estimate of drug-likeness (QED) is 0.657. The van der Waals surface area contributed by atoms with E-state index in [9.17, 15) is 9.90 Å². The zero-order valence-electron chi connectivity index (χ0n) is 14.0. The summed E-state index contributed by atoms with van der Waals surface area (Å²) in [5, 5.41) is 9.80. The van der Waals surface area contributed by atoms with Gasteiger partial charge in [0.25, 0.3) is 0 Å². The van der Waals surface area contributed by atoms with Crippen LogP contribution in [0.25, 0.3) is 12.2 Å². The molecule has 0 spiro atoms. The van der Waals surface area contributed by atoms with Crippen molar-refractivity contribution >= 4 is 24.1 Å². The average Bonchev–Trinajstić information content (AvgIpc) is 2.63. The summed E-state index contributed by atoms with van der Waals surface area (Å²) in [6, 6.07) is 12.2. The fourth-order valence-corrected chi connectivity index (χ4v) is 3.16. The van der Waals surface area contributed by atoms with E-state index in [-0.39, 0.29) is 5.75 Å². The molecule has 0 aromatic heterocycles. The Morgan fingerprint density at radius 3 is 2.29 bits per heavy atom. The lowest BCUT2D eigenvalue weighted by molar-refractivity contribution is 0.112. The smallest absolute Gasteiger partial charge is 0.153 e. The lowest BCUT2D eigenvalue weighted by Crippen LogP contribution is -2.29. The maximum Gasteiger partial charge on any atom is 0.153 e. The lowest BCUT2D eigenvalue weighted by atomic mass is 10.0. The van der Waals surface area contributed by atoms with E-state index in [0.29, 0.717) is 17.4 Å². The van der Waals surface area contributed by atoms with E-state index in [1.165, 1.54) is 24.9 Å². The van der Waals surface area contributed by atoms with Gasteiger partial charge in [-0.3, -0.25) is 4.79 Å². The van der Waals surface area contributed by atoms with Crippen molar-refractivity contribution in [1.29, 1.82) is 0 Å². The van der Waals surface area contributed by atoms with Crippen molar-refractivity contribution in [3.63, 3.8) is 0 Å². The minimum Gasteiger partial charge on any atom is -0.507 e. The summed E-state index contributed by atoms with van der Waals surface area (Å²) in [4.78, 5) is 13.4. The summed E-state index contributed by atoms with van der Waals surface area (Å²) < 4.78 is 0. The number of nitrogens with zero attached hydrogens (tertiary/aromatic N) is 1. The largest absolute Gasteiger partial charge is 0.507 e. The molecule has 124 valence electrons. The number of hydrogen-bond donors (Lipinski definition) is 1. The van der Waals surface area contributed by atoms with Crippen LogP contribution in [0.2, 0.25) is 0 Å². The van der Waals surface area contributed by atoms with Crippen LogP contribution in [0, 0.1) is 6.92 Å². The Morgan fingerprint density at radius 2 is 1.62 bits per heavy atom. The number of aldehydes is 1. The maximum absolute atomic E-state index is 11.0. The van der Waals surface area contributed by atoms with Crippen molar-refractivity contribution in [2.24, 2.45) is 0 Å². The van der Waals surface area contributed by atoms with Crippen LogP contribution in [0.5, 0.6) is 5.75 Å². The van der Waals surface area contributed by atoms with E-state index in [4.69, 9.17) is 0 Å². The molecule has 2 aromatic rings. The molecule has 0 saturated carbocycles. The molecule has 3 heteroatoms. The van der Waals surface area contributed by atoms with Crippen molar-refractivity contribution < 1.29 is 9.90 Å². The molecule has 2 aromatic carbocycles. The Bertz CT molecular complexity index is 741. The number of benzene rings is 2. The van der Waals surface area contributed by atoms with Crippen LogP contribution in [0.1, 0.15) is 46.3 Å². The number of carbonyl (C=O) groups is 1. The van der Waals surface area contributed by atoms with Crippen molar-refractivity contribution in [3.05, 3.63) is 58.7 Å². The number of aromatic hydroxyl groups is 1. The second kappa shape index (κ2) is 7.35. The molecule has 1 fully saturated rings. The van der Waals surface area contributed by atoms with Crippen LogP contribution in [0.4, 0.5) is 5.69 Å². The first-order valence-electron chi connectivity index (χ1n) is 8.49. The number of aryl methyl sites for hydroxylation is 1. The Balaban J connectivity index is 1.75. The van der Waals surface area contributed by atoms with Gasteiger partial charge in [0, 0.05) is 18.8 Å². The Kier molecular flexibility index (Phi) is 4.99. The Labute approximate surface area is 143 Å². The van der Waals surface area contributed by atoms with Crippen molar-refractivity contribution in [3.8, 4) is 5.75 Å².